The zero-order valence-electron chi connectivity index (χ0n) is 23.6. The number of rotatable bonds is 8. The molecular formula is C34H27FN6O3. The molecule has 0 saturated heterocycles. The fraction of sp³-hybridized carbons (Fsp3) is 0.0882. The number of amides is 2. The predicted octanol–water partition coefficient (Wildman–Crippen LogP) is 5.03. The first-order valence-electron chi connectivity index (χ1n) is 13.9. The zero-order valence-corrected chi connectivity index (χ0v) is 23.6. The van der Waals surface area contributed by atoms with Crippen molar-refractivity contribution in [3.63, 3.8) is 0 Å². The lowest BCUT2D eigenvalue weighted by molar-refractivity contribution is -0.118. The van der Waals surface area contributed by atoms with Gasteiger partial charge in [-0.25, -0.2) is 4.39 Å². The Hall–Kier alpha value is -5.90. The Kier molecular flexibility index (Phi) is 7.79. The third-order valence-electron chi connectivity index (χ3n) is 7.46. The number of nitrogens with one attached hydrogen (secondary N) is 3. The number of aromatic amines is 1. The molecule has 0 aliphatic heterocycles. The number of anilines is 1. The number of halogens is 1. The van der Waals surface area contributed by atoms with Gasteiger partial charge in [0.1, 0.15) is 17.6 Å². The van der Waals surface area contributed by atoms with Gasteiger partial charge in [-0.05, 0) is 47.5 Å². The molecule has 0 aliphatic rings. The molecule has 0 aliphatic carbocycles. The molecule has 218 valence electrons. The number of hydrogen-bond donors (Lipinski definition) is 3. The van der Waals surface area contributed by atoms with E-state index < -0.39 is 29.6 Å². The number of benzene rings is 3. The highest BCUT2D eigenvalue weighted by Gasteiger charge is 2.33. The first-order chi connectivity index (χ1) is 21.4. The van der Waals surface area contributed by atoms with Gasteiger partial charge in [-0.2, -0.15) is 5.10 Å². The maximum Gasteiger partial charge on any atom is 0.270 e. The summed E-state index contributed by atoms with van der Waals surface area (Å²) < 4.78 is 17.0. The summed E-state index contributed by atoms with van der Waals surface area (Å²) in [5, 5.41) is 10.1. The topological polar surface area (TPSA) is 122 Å². The highest BCUT2D eigenvalue weighted by molar-refractivity contribution is 6.01. The molecular weight excluding hydrogens is 559 g/mol. The number of aromatic nitrogens is 4. The van der Waals surface area contributed by atoms with Gasteiger partial charge in [0, 0.05) is 48.4 Å². The van der Waals surface area contributed by atoms with E-state index in [1.807, 2.05) is 60.7 Å². The number of hydrogen-bond acceptors (Lipinski definition) is 5. The molecule has 9 nitrogen and oxygen atoms in total. The van der Waals surface area contributed by atoms with Gasteiger partial charge in [-0.15, -0.1) is 0 Å². The molecule has 0 radical (unpaired) electrons. The van der Waals surface area contributed by atoms with Crippen LogP contribution in [-0.2, 0) is 11.8 Å². The monoisotopic (exact) mass is 586 g/mol. The van der Waals surface area contributed by atoms with Crippen LogP contribution in [0.15, 0.2) is 120 Å². The number of aryl methyl sites for hydroxylation is 1. The zero-order chi connectivity index (χ0) is 30.6. The van der Waals surface area contributed by atoms with Gasteiger partial charge in [0.25, 0.3) is 11.5 Å². The first-order valence-corrected chi connectivity index (χ1v) is 13.9. The van der Waals surface area contributed by atoms with Crippen molar-refractivity contribution in [3.8, 4) is 11.1 Å². The highest BCUT2D eigenvalue weighted by Crippen LogP contribution is 2.31. The van der Waals surface area contributed by atoms with Gasteiger partial charge in [0.2, 0.25) is 5.91 Å². The summed E-state index contributed by atoms with van der Waals surface area (Å²) in [5.74, 6) is -2.22. The highest BCUT2D eigenvalue weighted by atomic mass is 19.1. The van der Waals surface area contributed by atoms with E-state index in [2.05, 4.69) is 25.7 Å². The molecule has 0 saturated carbocycles. The molecule has 3 heterocycles. The predicted molar refractivity (Wildman–Crippen MR) is 166 cm³/mol. The van der Waals surface area contributed by atoms with Gasteiger partial charge >= 0.3 is 0 Å². The molecule has 3 aromatic heterocycles. The van der Waals surface area contributed by atoms with E-state index in [4.69, 9.17) is 0 Å². The van der Waals surface area contributed by atoms with Gasteiger partial charge in [0.05, 0.1) is 10.9 Å². The Labute approximate surface area is 251 Å². The maximum absolute atomic E-state index is 15.6. The van der Waals surface area contributed by atoms with E-state index in [0.29, 0.717) is 16.5 Å². The van der Waals surface area contributed by atoms with Crippen LogP contribution in [0.4, 0.5) is 10.1 Å². The van der Waals surface area contributed by atoms with Crippen molar-refractivity contribution in [3.05, 3.63) is 149 Å². The summed E-state index contributed by atoms with van der Waals surface area (Å²) in [4.78, 5) is 46.6. The maximum atomic E-state index is 15.6. The van der Waals surface area contributed by atoms with Gasteiger partial charge < -0.3 is 15.6 Å². The normalized spacial score (nSPS) is 11.8. The van der Waals surface area contributed by atoms with Crippen LogP contribution in [-0.4, -0.2) is 37.6 Å². The molecule has 0 bridgehead atoms. The van der Waals surface area contributed by atoms with E-state index >= 15 is 4.39 Å². The summed E-state index contributed by atoms with van der Waals surface area (Å²) in [6.07, 6.45) is 4.46. The summed E-state index contributed by atoms with van der Waals surface area (Å²) >= 11 is 0. The Balaban J connectivity index is 1.37. The first kappa shape index (κ1) is 28.2. The molecule has 1 atom stereocenters. The van der Waals surface area contributed by atoms with Crippen molar-refractivity contribution in [2.45, 2.75) is 12.0 Å². The molecule has 0 spiro atoms. The lowest BCUT2D eigenvalue weighted by Crippen LogP contribution is -2.48. The van der Waals surface area contributed by atoms with Crippen molar-refractivity contribution in [1.29, 1.82) is 0 Å². The largest absolute Gasteiger partial charge is 0.338 e. The van der Waals surface area contributed by atoms with E-state index in [9.17, 15) is 14.4 Å². The number of pyridine rings is 2. The van der Waals surface area contributed by atoms with Crippen LogP contribution in [0.25, 0.3) is 22.0 Å². The summed E-state index contributed by atoms with van der Waals surface area (Å²) in [6.45, 7) is 0. The fourth-order valence-corrected chi connectivity index (χ4v) is 5.33. The summed E-state index contributed by atoms with van der Waals surface area (Å²) in [6, 6.07) is 26.8. The summed E-state index contributed by atoms with van der Waals surface area (Å²) in [5.41, 5.74) is 2.73. The number of carbonyl (C=O) groups excluding carboxylic acids is 2. The molecule has 6 aromatic rings. The van der Waals surface area contributed by atoms with Crippen LogP contribution in [0.1, 0.15) is 27.5 Å². The number of nitrogens with zero attached hydrogens (tertiary/aromatic N) is 3. The second-order valence-corrected chi connectivity index (χ2v) is 10.2. The quantitative estimate of drug-likeness (QED) is 0.231. The van der Waals surface area contributed by atoms with Crippen LogP contribution >= 0.6 is 0 Å². The molecule has 3 N–H and O–H groups in total. The second kappa shape index (κ2) is 12.1. The van der Waals surface area contributed by atoms with Crippen molar-refractivity contribution < 1.29 is 14.0 Å². The molecule has 6 rings (SSSR count). The number of H-pyrrole nitrogens is 1. The smallest absolute Gasteiger partial charge is 0.270 e. The van der Waals surface area contributed by atoms with Gasteiger partial charge in [-0.3, -0.25) is 24.0 Å². The van der Waals surface area contributed by atoms with Gasteiger partial charge in [-0.1, -0.05) is 60.7 Å². The Bertz CT molecular complexity index is 1980. The minimum absolute atomic E-state index is 0.192. The van der Waals surface area contributed by atoms with Crippen molar-refractivity contribution in [2.24, 2.45) is 7.05 Å². The Morgan fingerprint density at radius 3 is 2.20 bits per heavy atom. The lowest BCUT2D eigenvalue weighted by Gasteiger charge is -2.28. The van der Waals surface area contributed by atoms with E-state index in [0.717, 1.165) is 11.1 Å². The standard InChI is InChI=1S/C34H27FN6O3/c1-41-28(16-18-38-41)33(43)40-31(29(21-9-4-2-5-10-21)22-11-6-3-7-12-22)34(44)39-23-14-15-24(27(35)19-23)26-20-37-32(42)25-13-8-17-36-30(25)26/h2-20,29,31H,1H3,(H,37,42)(H,39,44)(H,40,43). The molecule has 3 aromatic carbocycles. The minimum Gasteiger partial charge on any atom is -0.338 e. The van der Waals surface area contributed by atoms with E-state index in [1.54, 1.807) is 31.3 Å². The molecule has 2 amide bonds. The van der Waals surface area contributed by atoms with Gasteiger partial charge in [0.15, 0.2) is 0 Å². The van der Waals surface area contributed by atoms with Crippen molar-refractivity contribution >= 4 is 28.4 Å². The molecule has 0 fully saturated rings. The third-order valence-corrected chi connectivity index (χ3v) is 7.46. The van der Waals surface area contributed by atoms with Crippen LogP contribution in [0, 0.1) is 5.82 Å². The minimum atomic E-state index is -1.09. The fourth-order valence-electron chi connectivity index (χ4n) is 5.33. The summed E-state index contributed by atoms with van der Waals surface area (Å²) in [7, 11) is 1.64. The number of carbonyl (C=O) groups is 2. The van der Waals surface area contributed by atoms with E-state index in [-0.39, 0.29) is 22.5 Å². The van der Waals surface area contributed by atoms with Crippen LogP contribution in [0.3, 0.4) is 0 Å². The Morgan fingerprint density at radius 1 is 0.864 bits per heavy atom. The SMILES string of the molecule is Cn1nccc1C(=O)NC(C(=O)Nc1ccc(-c2c[nH]c(=O)c3cccnc23)c(F)c1)C(c1ccccc1)c1ccccc1. The molecule has 44 heavy (non-hydrogen) atoms. The lowest BCUT2D eigenvalue weighted by atomic mass is 9.84. The van der Waals surface area contributed by atoms with Crippen molar-refractivity contribution in [2.75, 3.05) is 5.32 Å². The average molecular weight is 587 g/mol. The van der Waals surface area contributed by atoms with Crippen LogP contribution in [0.5, 0.6) is 0 Å². The molecule has 10 heteroatoms. The second-order valence-electron chi connectivity index (χ2n) is 10.2. The average Bonchev–Trinajstić information content (AvgIpc) is 3.48. The van der Waals surface area contributed by atoms with Crippen LogP contribution < -0.4 is 16.2 Å². The third kappa shape index (κ3) is 5.60. The molecule has 1 unspecified atom stereocenters. The van der Waals surface area contributed by atoms with Crippen LogP contribution in [0.2, 0.25) is 0 Å². The Morgan fingerprint density at radius 2 is 1.57 bits per heavy atom. The van der Waals surface area contributed by atoms with E-state index in [1.165, 1.54) is 35.4 Å². The number of fused-ring (bicyclic) bond motifs is 1. The van der Waals surface area contributed by atoms with Crippen molar-refractivity contribution in [1.82, 2.24) is 25.1 Å².